The van der Waals surface area contributed by atoms with E-state index >= 15 is 0 Å². The fraction of sp³-hybridized carbons (Fsp3) is 0.458. The van der Waals surface area contributed by atoms with Crippen LogP contribution in [-0.4, -0.2) is 53.7 Å². The number of carbonyl (C=O) groups is 1. The molecule has 0 unspecified atom stereocenters. The molecule has 1 saturated heterocycles. The summed E-state index contributed by atoms with van der Waals surface area (Å²) in [7, 11) is 0. The molecule has 5 heteroatoms. The van der Waals surface area contributed by atoms with Gasteiger partial charge in [-0.15, -0.1) is 0 Å². The molecule has 0 bridgehead atoms. The lowest BCUT2D eigenvalue weighted by Gasteiger charge is -2.27. The molecule has 0 spiro atoms. The van der Waals surface area contributed by atoms with Crippen LogP contribution in [0.25, 0.3) is 0 Å². The second-order valence-corrected chi connectivity index (χ2v) is 8.78. The Balaban J connectivity index is 1.68. The van der Waals surface area contributed by atoms with Gasteiger partial charge in [0.25, 0.3) is 0 Å². The monoisotopic (exact) mass is 395 g/mol. The molecule has 1 aliphatic heterocycles. The summed E-state index contributed by atoms with van der Waals surface area (Å²) < 4.78 is 5.50. The lowest BCUT2D eigenvalue weighted by molar-refractivity contribution is 0.0488. The first-order valence-electron chi connectivity index (χ1n) is 10.4. The summed E-state index contributed by atoms with van der Waals surface area (Å²) in [5.74, 6) is 0. The molecule has 1 amide bonds. The molecule has 2 aromatic carbocycles. The molecule has 1 heterocycles. The Hall–Kier alpha value is -2.37. The fourth-order valence-electron chi connectivity index (χ4n) is 3.68. The van der Waals surface area contributed by atoms with Gasteiger partial charge in [-0.25, -0.2) is 4.79 Å². The van der Waals surface area contributed by atoms with Crippen molar-refractivity contribution in [3.8, 4) is 0 Å². The average molecular weight is 396 g/mol. The Morgan fingerprint density at radius 1 is 0.897 bits per heavy atom. The van der Waals surface area contributed by atoms with Crippen molar-refractivity contribution < 1.29 is 9.53 Å². The highest BCUT2D eigenvalue weighted by Gasteiger charge is 2.26. The van der Waals surface area contributed by atoms with E-state index in [1.165, 1.54) is 11.1 Å². The molecular weight excluding hydrogens is 362 g/mol. The third-order valence-electron chi connectivity index (χ3n) is 4.91. The minimum atomic E-state index is -0.498. The number of nitrogens with one attached hydrogen (secondary N) is 1. The zero-order chi connectivity index (χ0) is 20.7. The smallest absolute Gasteiger partial charge is 0.407 e. The van der Waals surface area contributed by atoms with Crippen molar-refractivity contribution in [2.45, 2.75) is 45.5 Å². The van der Waals surface area contributed by atoms with Crippen LogP contribution >= 0.6 is 0 Å². The molecular formula is C24H33N3O2. The molecule has 0 aliphatic carbocycles. The third kappa shape index (κ3) is 7.52. The van der Waals surface area contributed by atoms with Gasteiger partial charge in [-0.3, -0.25) is 9.80 Å². The van der Waals surface area contributed by atoms with Crippen molar-refractivity contribution in [3.05, 3.63) is 71.8 Å². The average Bonchev–Trinajstić information content (AvgIpc) is 2.83. The number of benzene rings is 2. The highest BCUT2D eigenvalue weighted by molar-refractivity contribution is 5.68. The molecule has 0 saturated carbocycles. The van der Waals surface area contributed by atoms with Crippen LogP contribution in [0.3, 0.4) is 0 Å². The number of alkyl carbamates (subject to hydrolysis) is 1. The minimum absolute atomic E-state index is 0.0137. The predicted octanol–water partition coefficient (Wildman–Crippen LogP) is 3.90. The molecule has 1 fully saturated rings. The van der Waals surface area contributed by atoms with Crippen molar-refractivity contribution in [2.75, 3.05) is 26.2 Å². The van der Waals surface area contributed by atoms with Crippen LogP contribution in [0.1, 0.15) is 31.9 Å². The van der Waals surface area contributed by atoms with E-state index in [2.05, 4.69) is 63.6 Å². The molecule has 0 atom stereocenters. The predicted molar refractivity (Wildman–Crippen MR) is 117 cm³/mol. The number of hydrogen-bond acceptors (Lipinski definition) is 4. The Morgan fingerprint density at radius 2 is 1.34 bits per heavy atom. The van der Waals surface area contributed by atoms with Gasteiger partial charge in [-0.2, -0.15) is 0 Å². The molecule has 29 heavy (non-hydrogen) atoms. The molecule has 2 aromatic rings. The summed E-state index contributed by atoms with van der Waals surface area (Å²) in [6.45, 7) is 11.0. The molecule has 0 aromatic heterocycles. The van der Waals surface area contributed by atoms with Crippen LogP contribution in [0.15, 0.2) is 60.7 Å². The van der Waals surface area contributed by atoms with E-state index < -0.39 is 5.60 Å². The van der Waals surface area contributed by atoms with Crippen molar-refractivity contribution >= 4 is 6.09 Å². The van der Waals surface area contributed by atoms with Gasteiger partial charge in [0.1, 0.15) is 5.60 Å². The van der Waals surface area contributed by atoms with Crippen molar-refractivity contribution in [2.24, 2.45) is 0 Å². The zero-order valence-electron chi connectivity index (χ0n) is 17.8. The van der Waals surface area contributed by atoms with Gasteiger partial charge in [0, 0.05) is 39.3 Å². The first-order chi connectivity index (χ1) is 13.9. The summed E-state index contributed by atoms with van der Waals surface area (Å²) in [5, 5.41) is 3.10. The zero-order valence-corrected chi connectivity index (χ0v) is 17.8. The molecule has 156 valence electrons. The van der Waals surface area contributed by atoms with Gasteiger partial charge in [0.15, 0.2) is 0 Å². The summed E-state index contributed by atoms with van der Waals surface area (Å²) in [4.78, 5) is 17.2. The van der Waals surface area contributed by atoms with E-state index in [0.717, 1.165) is 39.3 Å². The summed E-state index contributed by atoms with van der Waals surface area (Å²) in [6, 6.07) is 21.0. The van der Waals surface area contributed by atoms with Crippen LogP contribution in [0.5, 0.6) is 0 Å². The lowest BCUT2D eigenvalue weighted by Crippen LogP contribution is -2.48. The molecule has 1 aliphatic rings. The van der Waals surface area contributed by atoms with E-state index in [4.69, 9.17) is 4.74 Å². The van der Waals surface area contributed by atoms with Crippen LogP contribution in [0.4, 0.5) is 4.79 Å². The van der Waals surface area contributed by atoms with E-state index in [1.807, 2.05) is 32.9 Å². The van der Waals surface area contributed by atoms with Crippen LogP contribution in [-0.2, 0) is 17.8 Å². The van der Waals surface area contributed by atoms with Gasteiger partial charge in [-0.05, 0) is 31.9 Å². The van der Waals surface area contributed by atoms with Crippen LogP contribution in [0, 0.1) is 0 Å². The van der Waals surface area contributed by atoms with Gasteiger partial charge < -0.3 is 10.1 Å². The van der Waals surface area contributed by atoms with Gasteiger partial charge in [0.2, 0.25) is 0 Å². The Labute approximate surface area is 174 Å². The molecule has 1 N–H and O–H groups in total. The SMILES string of the molecule is CC(C)(C)OC(=O)NC1CN(Cc2ccccc2)CCN(Cc2ccccc2)C1. The summed E-state index contributed by atoms with van der Waals surface area (Å²) in [5.41, 5.74) is 2.09. The lowest BCUT2D eigenvalue weighted by atomic mass is 10.2. The van der Waals surface area contributed by atoms with Gasteiger partial charge >= 0.3 is 6.09 Å². The topological polar surface area (TPSA) is 44.8 Å². The maximum Gasteiger partial charge on any atom is 0.407 e. The standard InChI is InChI=1S/C24H33N3O2/c1-24(2,3)29-23(28)25-22-18-26(16-20-10-6-4-7-11-20)14-15-27(19-22)17-21-12-8-5-9-13-21/h4-13,22H,14-19H2,1-3H3,(H,25,28). The Morgan fingerprint density at radius 3 is 1.76 bits per heavy atom. The van der Waals surface area contributed by atoms with Crippen LogP contribution in [0.2, 0.25) is 0 Å². The number of nitrogens with zero attached hydrogens (tertiary/aromatic N) is 2. The molecule has 0 radical (unpaired) electrons. The maximum absolute atomic E-state index is 12.4. The largest absolute Gasteiger partial charge is 0.444 e. The van der Waals surface area contributed by atoms with E-state index in [0.29, 0.717) is 0 Å². The number of hydrogen-bond donors (Lipinski definition) is 1. The van der Waals surface area contributed by atoms with Crippen molar-refractivity contribution in [3.63, 3.8) is 0 Å². The normalized spacial score (nSPS) is 16.9. The minimum Gasteiger partial charge on any atom is -0.444 e. The van der Waals surface area contributed by atoms with Crippen molar-refractivity contribution in [1.82, 2.24) is 15.1 Å². The highest BCUT2D eigenvalue weighted by Crippen LogP contribution is 2.13. The molecule has 3 rings (SSSR count). The first kappa shape index (κ1) is 21.3. The first-order valence-corrected chi connectivity index (χ1v) is 10.4. The van der Waals surface area contributed by atoms with Gasteiger partial charge in [-0.1, -0.05) is 60.7 Å². The highest BCUT2D eigenvalue weighted by atomic mass is 16.6. The summed E-state index contributed by atoms with van der Waals surface area (Å²) >= 11 is 0. The number of rotatable bonds is 5. The second kappa shape index (κ2) is 9.90. The Bertz CT molecular complexity index is 707. The number of carbonyl (C=O) groups excluding carboxylic acids is 1. The van der Waals surface area contributed by atoms with E-state index in [1.54, 1.807) is 0 Å². The molecule has 5 nitrogen and oxygen atoms in total. The number of ether oxygens (including phenoxy) is 1. The Kier molecular flexibility index (Phi) is 7.29. The fourth-order valence-corrected chi connectivity index (χ4v) is 3.68. The van der Waals surface area contributed by atoms with Gasteiger partial charge in [0.05, 0.1) is 6.04 Å². The van der Waals surface area contributed by atoms with Crippen LogP contribution < -0.4 is 5.32 Å². The third-order valence-corrected chi connectivity index (χ3v) is 4.91. The number of amides is 1. The second-order valence-electron chi connectivity index (χ2n) is 8.78. The van der Waals surface area contributed by atoms with E-state index in [9.17, 15) is 4.79 Å². The van der Waals surface area contributed by atoms with E-state index in [-0.39, 0.29) is 12.1 Å². The quantitative estimate of drug-likeness (QED) is 0.834. The summed E-state index contributed by atoms with van der Waals surface area (Å²) in [6.07, 6.45) is -0.344. The van der Waals surface area contributed by atoms with Crippen molar-refractivity contribution in [1.29, 1.82) is 0 Å². The maximum atomic E-state index is 12.4.